The minimum Gasteiger partial charge on any atom is -0.444 e. The van der Waals surface area contributed by atoms with E-state index in [1.165, 1.54) is 38.5 Å². The van der Waals surface area contributed by atoms with Crippen LogP contribution in [0.25, 0.3) is 0 Å². The van der Waals surface area contributed by atoms with Crippen molar-refractivity contribution in [2.45, 2.75) is 102 Å². The van der Waals surface area contributed by atoms with Crippen LogP contribution >= 0.6 is 11.6 Å². The van der Waals surface area contributed by atoms with E-state index >= 15 is 0 Å². The number of amides is 2. The summed E-state index contributed by atoms with van der Waals surface area (Å²) in [5.74, 6) is 1.59. The topological polar surface area (TPSA) is 82.7 Å². The van der Waals surface area contributed by atoms with E-state index in [0.717, 1.165) is 31.7 Å². The molecule has 0 bridgehead atoms. The zero-order valence-electron chi connectivity index (χ0n) is 21.0. The summed E-state index contributed by atoms with van der Waals surface area (Å²) in [6, 6.07) is 0.188. The van der Waals surface area contributed by atoms with Gasteiger partial charge in [0.2, 0.25) is 5.91 Å². The number of ether oxygens (including phenoxy) is 1. The number of nitrogens with zero attached hydrogens (tertiary/aromatic N) is 1. The van der Waals surface area contributed by atoms with E-state index in [1.807, 2.05) is 20.8 Å². The summed E-state index contributed by atoms with van der Waals surface area (Å²) in [6.07, 6.45) is 9.84. The predicted octanol–water partition coefficient (Wildman–Crippen LogP) is 3.85. The van der Waals surface area contributed by atoms with Gasteiger partial charge in [-0.2, -0.15) is 0 Å². The third kappa shape index (κ3) is 8.91. The maximum atomic E-state index is 12.8. The molecule has 3 fully saturated rings. The first-order chi connectivity index (χ1) is 15.6. The SMILES string of the molecule is CN(CC1CCC(C(=O)NC2CCC(CC3CCCC(Cl)C3)CN2)CN1)C(=O)OC(C)(C)C. The molecule has 0 aromatic rings. The third-order valence-electron chi connectivity index (χ3n) is 7.31. The molecule has 3 N–H and O–H groups in total. The van der Waals surface area contributed by atoms with Crippen LogP contribution in [-0.2, 0) is 9.53 Å². The van der Waals surface area contributed by atoms with Gasteiger partial charge in [0.05, 0.1) is 12.1 Å². The molecule has 2 heterocycles. The Hall–Kier alpha value is -1.05. The number of alkyl halides is 1. The maximum absolute atomic E-state index is 12.8. The Morgan fingerprint density at radius 1 is 1.03 bits per heavy atom. The lowest BCUT2D eigenvalue weighted by molar-refractivity contribution is -0.126. The molecule has 0 radical (unpaired) electrons. The smallest absolute Gasteiger partial charge is 0.410 e. The molecule has 0 aromatic heterocycles. The molecule has 0 spiro atoms. The van der Waals surface area contributed by atoms with Gasteiger partial charge in [0.1, 0.15) is 5.60 Å². The summed E-state index contributed by atoms with van der Waals surface area (Å²) in [5.41, 5.74) is -0.495. The van der Waals surface area contributed by atoms with E-state index in [2.05, 4.69) is 16.0 Å². The molecular formula is C25H45ClN4O3. The van der Waals surface area contributed by atoms with E-state index < -0.39 is 5.60 Å². The van der Waals surface area contributed by atoms with Crippen molar-refractivity contribution in [1.82, 2.24) is 20.9 Å². The Kier molecular flexibility index (Phi) is 9.72. The summed E-state index contributed by atoms with van der Waals surface area (Å²) in [7, 11) is 1.76. The van der Waals surface area contributed by atoms with Gasteiger partial charge >= 0.3 is 6.09 Å². The molecule has 2 aliphatic heterocycles. The molecule has 6 atom stereocenters. The van der Waals surface area contributed by atoms with Crippen molar-refractivity contribution >= 4 is 23.6 Å². The van der Waals surface area contributed by atoms with E-state index in [-0.39, 0.29) is 30.1 Å². The largest absolute Gasteiger partial charge is 0.444 e. The molecule has 7 nitrogen and oxygen atoms in total. The van der Waals surface area contributed by atoms with Gasteiger partial charge < -0.3 is 20.3 Å². The average molecular weight is 485 g/mol. The Balaban J connectivity index is 1.31. The minimum absolute atomic E-state index is 0.0181. The summed E-state index contributed by atoms with van der Waals surface area (Å²) < 4.78 is 5.42. The van der Waals surface area contributed by atoms with Crippen molar-refractivity contribution in [3.8, 4) is 0 Å². The molecule has 2 saturated heterocycles. The van der Waals surface area contributed by atoms with Crippen LogP contribution in [0.4, 0.5) is 4.79 Å². The van der Waals surface area contributed by atoms with Crippen LogP contribution in [0.1, 0.15) is 78.6 Å². The molecule has 6 unspecified atom stereocenters. The number of carbonyl (C=O) groups excluding carboxylic acids is 2. The van der Waals surface area contributed by atoms with Gasteiger partial charge in [0.15, 0.2) is 0 Å². The third-order valence-corrected chi connectivity index (χ3v) is 7.70. The standard InChI is InChI=1S/C25H45ClN4O3/c1-25(2,3)33-24(32)30(4)16-21-10-9-19(15-27-21)23(31)29-22-11-8-18(14-28-22)12-17-6-5-7-20(26)13-17/h17-22,27-28H,5-16H2,1-4H3,(H,29,31). The second-order valence-corrected chi connectivity index (χ2v) is 12.1. The van der Waals surface area contributed by atoms with E-state index in [9.17, 15) is 9.59 Å². The predicted molar refractivity (Wildman–Crippen MR) is 132 cm³/mol. The van der Waals surface area contributed by atoms with Gasteiger partial charge in [0, 0.05) is 31.6 Å². The first-order valence-electron chi connectivity index (χ1n) is 12.9. The number of likely N-dealkylation sites (N-methyl/N-ethyl adjacent to an activating group) is 1. The Morgan fingerprint density at radius 2 is 1.82 bits per heavy atom. The van der Waals surface area contributed by atoms with E-state index in [0.29, 0.717) is 24.4 Å². The normalized spacial score (nSPS) is 33.2. The number of rotatable bonds is 6. The quantitative estimate of drug-likeness (QED) is 0.499. The van der Waals surface area contributed by atoms with Gasteiger partial charge in [-0.3, -0.25) is 10.1 Å². The molecule has 33 heavy (non-hydrogen) atoms. The fourth-order valence-electron chi connectivity index (χ4n) is 5.48. The molecular weight excluding hydrogens is 440 g/mol. The number of hydrogen-bond donors (Lipinski definition) is 3. The zero-order valence-corrected chi connectivity index (χ0v) is 21.8. The van der Waals surface area contributed by atoms with Crippen molar-refractivity contribution < 1.29 is 14.3 Å². The Morgan fingerprint density at radius 3 is 2.42 bits per heavy atom. The molecule has 3 rings (SSSR count). The van der Waals surface area contributed by atoms with Crippen LogP contribution in [-0.4, -0.2) is 66.8 Å². The highest BCUT2D eigenvalue weighted by Gasteiger charge is 2.31. The van der Waals surface area contributed by atoms with Gasteiger partial charge in [-0.1, -0.05) is 12.8 Å². The van der Waals surface area contributed by atoms with Crippen LogP contribution in [0.2, 0.25) is 0 Å². The first-order valence-corrected chi connectivity index (χ1v) is 13.4. The Labute approximate surface area is 205 Å². The van der Waals surface area contributed by atoms with Crippen LogP contribution in [0, 0.1) is 17.8 Å². The maximum Gasteiger partial charge on any atom is 0.410 e. The number of hydrogen-bond acceptors (Lipinski definition) is 5. The molecule has 0 aromatic carbocycles. The van der Waals surface area contributed by atoms with E-state index in [1.54, 1.807) is 11.9 Å². The fourth-order valence-corrected chi connectivity index (χ4v) is 5.89. The summed E-state index contributed by atoms with van der Waals surface area (Å²) >= 11 is 6.36. The minimum atomic E-state index is -0.495. The van der Waals surface area contributed by atoms with Crippen molar-refractivity contribution in [3.05, 3.63) is 0 Å². The van der Waals surface area contributed by atoms with Crippen LogP contribution in [0.15, 0.2) is 0 Å². The lowest BCUT2D eigenvalue weighted by Crippen LogP contribution is -2.55. The summed E-state index contributed by atoms with van der Waals surface area (Å²) in [5, 5.41) is 10.6. The van der Waals surface area contributed by atoms with E-state index in [4.69, 9.17) is 16.3 Å². The highest BCUT2D eigenvalue weighted by atomic mass is 35.5. The number of carbonyl (C=O) groups is 2. The summed E-state index contributed by atoms with van der Waals surface area (Å²) in [6.45, 7) is 7.82. The van der Waals surface area contributed by atoms with Crippen LogP contribution in [0.5, 0.6) is 0 Å². The monoisotopic (exact) mass is 484 g/mol. The highest BCUT2D eigenvalue weighted by molar-refractivity contribution is 6.20. The van der Waals surface area contributed by atoms with Crippen LogP contribution in [0.3, 0.4) is 0 Å². The first kappa shape index (κ1) is 26.6. The highest BCUT2D eigenvalue weighted by Crippen LogP contribution is 2.34. The molecule has 1 saturated carbocycles. The molecule has 1 aliphatic carbocycles. The van der Waals surface area contributed by atoms with Gasteiger partial charge in [-0.15, -0.1) is 11.6 Å². The number of piperidine rings is 2. The van der Waals surface area contributed by atoms with Crippen molar-refractivity contribution in [3.63, 3.8) is 0 Å². The average Bonchev–Trinajstić information content (AvgIpc) is 2.74. The molecule has 2 amide bonds. The lowest BCUT2D eigenvalue weighted by Gasteiger charge is -2.36. The molecule has 3 aliphatic rings. The van der Waals surface area contributed by atoms with Crippen molar-refractivity contribution in [1.29, 1.82) is 0 Å². The van der Waals surface area contributed by atoms with Crippen LogP contribution < -0.4 is 16.0 Å². The second-order valence-electron chi connectivity index (χ2n) is 11.5. The molecule has 8 heteroatoms. The summed E-state index contributed by atoms with van der Waals surface area (Å²) in [4.78, 5) is 26.6. The van der Waals surface area contributed by atoms with Crippen molar-refractivity contribution in [2.75, 3.05) is 26.7 Å². The molecule has 190 valence electrons. The van der Waals surface area contributed by atoms with Gasteiger partial charge in [-0.25, -0.2) is 4.79 Å². The van der Waals surface area contributed by atoms with Gasteiger partial charge in [0.25, 0.3) is 0 Å². The Bertz CT molecular complexity index is 640. The fraction of sp³-hybridized carbons (Fsp3) is 0.920. The number of halogens is 1. The second kappa shape index (κ2) is 12.1. The number of nitrogens with one attached hydrogen (secondary N) is 3. The van der Waals surface area contributed by atoms with Crippen molar-refractivity contribution in [2.24, 2.45) is 17.8 Å². The van der Waals surface area contributed by atoms with Gasteiger partial charge in [-0.05, 0) is 84.1 Å². The zero-order chi connectivity index (χ0) is 24.0. The lowest BCUT2D eigenvalue weighted by atomic mass is 9.80.